The first kappa shape index (κ1) is 17.0. The monoisotopic (exact) mass is 351 g/mol. The molecule has 0 aliphatic heterocycles. The molecule has 3 rings (SSSR count). The highest BCUT2D eigenvalue weighted by atomic mass is 35.5. The summed E-state index contributed by atoms with van der Waals surface area (Å²) in [5.41, 5.74) is 2.99. The number of halogens is 1. The van der Waals surface area contributed by atoms with E-state index in [0.29, 0.717) is 18.8 Å². The zero-order chi connectivity index (χ0) is 17.5. The molecule has 25 heavy (non-hydrogen) atoms. The zero-order valence-electron chi connectivity index (χ0n) is 13.6. The summed E-state index contributed by atoms with van der Waals surface area (Å²) >= 11 is 5.87. The smallest absolute Gasteiger partial charge is 0.229 e. The molecule has 2 N–H and O–H groups in total. The lowest BCUT2D eigenvalue weighted by molar-refractivity contribution is -0.115. The molecule has 1 amide bonds. The Bertz CT molecular complexity index is 818. The lowest BCUT2D eigenvalue weighted by atomic mass is 10.1. The number of amides is 1. The number of carbonyl (C=O) groups excluding carboxylic acids is 1. The van der Waals surface area contributed by atoms with Crippen molar-refractivity contribution in [3.8, 4) is 0 Å². The second kappa shape index (κ2) is 8.31. The van der Waals surface area contributed by atoms with E-state index in [9.17, 15) is 4.79 Å². The third kappa shape index (κ3) is 5.33. The number of rotatable bonds is 6. The van der Waals surface area contributed by atoms with E-state index in [1.807, 2.05) is 60.7 Å². The van der Waals surface area contributed by atoms with Gasteiger partial charge >= 0.3 is 0 Å². The Balaban J connectivity index is 1.51. The molecule has 0 saturated heterocycles. The van der Waals surface area contributed by atoms with E-state index in [1.165, 1.54) is 0 Å². The molecule has 1 heterocycles. The maximum Gasteiger partial charge on any atom is 0.229 e. The van der Waals surface area contributed by atoms with Crippen molar-refractivity contribution in [2.75, 3.05) is 10.6 Å². The Kier molecular flexibility index (Phi) is 5.65. The summed E-state index contributed by atoms with van der Waals surface area (Å²) in [6.07, 6.45) is 2.03. The van der Waals surface area contributed by atoms with Crippen molar-refractivity contribution >= 4 is 29.0 Å². The summed E-state index contributed by atoms with van der Waals surface area (Å²) in [5.74, 6) is 0.457. The van der Waals surface area contributed by atoms with Crippen molar-refractivity contribution in [3.05, 3.63) is 89.1 Å². The van der Waals surface area contributed by atoms with E-state index in [2.05, 4.69) is 15.6 Å². The number of hydrogen-bond acceptors (Lipinski definition) is 3. The van der Waals surface area contributed by atoms with E-state index in [-0.39, 0.29) is 5.91 Å². The molecule has 2 aromatic carbocycles. The highest BCUT2D eigenvalue weighted by molar-refractivity contribution is 6.30. The van der Waals surface area contributed by atoms with E-state index in [4.69, 9.17) is 11.6 Å². The van der Waals surface area contributed by atoms with Crippen molar-refractivity contribution in [2.45, 2.75) is 13.0 Å². The minimum Gasteiger partial charge on any atom is -0.380 e. The maximum absolute atomic E-state index is 12.0. The molecule has 0 spiro atoms. The van der Waals surface area contributed by atoms with E-state index in [1.54, 1.807) is 12.3 Å². The van der Waals surface area contributed by atoms with Gasteiger partial charge in [0.1, 0.15) is 5.82 Å². The normalized spacial score (nSPS) is 10.3. The summed E-state index contributed by atoms with van der Waals surface area (Å²) in [7, 11) is 0. The van der Waals surface area contributed by atoms with Gasteiger partial charge < -0.3 is 10.6 Å². The summed E-state index contributed by atoms with van der Waals surface area (Å²) < 4.78 is 0. The molecule has 0 aliphatic rings. The van der Waals surface area contributed by atoms with Gasteiger partial charge in [0.05, 0.1) is 18.3 Å². The van der Waals surface area contributed by atoms with Crippen LogP contribution in [0.15, 0.2) is 72.9 Å². The molecule has 0 unspecified atom stereocenters. The predicted octanol–water partition coefficient (Wildman–Crippen LogP) is 4.53. The fourth-order valence-corrected chi connectivity index (χ4v) is 2.47. The number of nitrogens with one attached hydrogen (secondary N) is 2. The molecule has 126 valence electrons. The van der Waals surface area contributed by atoms with Gasteiger partial charge in [-0.2, -0.15) is 0 Å². The number of hydrogen-bond donors (Lipinski definition) is 2. The predicted molar refractivity (Wildman–Crippen MR) is 102 cm³/mol. The summed E-state index contributed by atoms with van der Waals surface area (Å²) in [5, 5.41) is 6.81. The Morgan fingerprint density at radius 2 is 1.68 bits per heavy atom. The topological polar surface area (TPSA) is 54.0 Å². The Morgan fingerprint density at radius 3 is 2.36 bits per heavy atom. The Morgan fingerprint density at radius 1 is 0.920 bits per heavy atom. The second-order valence-corrected chi connectivity index (χ2v) is 6.06. The first-order chi connectivity index (χ1) is 12.2. The van der Waals surface area contributed by atoms with Gasteiger partial charge in [-0.1, -0.05) is 54.1 Å². The third-order valence-electron chi connectivity index (χ3n) is 3.65. The summed E-state index contributed by atoms with van der Waals surface area (Å²) in [6.45, 7) is 0.679. The van der Waals surface area contributed by atoms with Gasteiger partial charge in [-0.15, -0.1) is 0 Å². The number of pyridine rings is 1. The molecular weight excluding hydrogens is 334 g/mol. The maximum atomic E-state index is 12.0. The van der Waals surface area contributed by atoms with Crippen LogP contribution in [-0.2, 0) is 17.8 Å². The minimum atomic E-state index is -0.0828. The largest absolute Gasteiger partial charge is 0.380 e. The van der Waals surface area contributed by atoms with Gasteiger partial charge in [-0.3, -0.25) is 4.79 Å². The van der Waals surface area contributed by atoms with E-state index in [0.717, 1.165) is 21.8 Å². The molecule has 0 bridgehead atoms. The fraction of sp³-hybridized carbons (Fsp3) is 0.100. The van der Waals surface area contributed by atoms with Gasteiger partial charge in [0.25, 0.3) is 0 Å². The van der Waals surface area contributed by atoms with E-state index < -0.39 is 0 Å². The molecule has 4 nitrogen and oxygen atoms in total. The molecule has 0 radical (unpaired) electrons. The van der Waals surface area contributed by atoms with Crippen LogP contribution in [0.3, 0.4) is 0 Å². The fourth-order valence-electron chi connectivity index (χ4n) is 2.35. The van der Waals surface area contributed by atoms with E-state index >= 15 is 0 Å². The highest BCUT2D eigenvalue weighted by Gasteiger charge is 2.04. The average molecular weight is 352 g/mol. The first-order valence-electron chi connectivity index (χ1n) is 7.97. The SMILES string of the molecule is O=C(Cc1ccccc1)Nc1ccc(NCc2ccc(Cl)cc2)cn1. The van der Waals surface area contributed by atoms with Crippen LogP contribution in [0.25, 0.3) is 0 Å². The molecule has 3 aromatic rings. The van der Waals surface area contributed by atoms with Gasteiger partial charge in [-0.05, 0) is 35.4 Å². The second-order valence-electron chi connectivity index (χ2n) is 5.62. The van der Waals surface area contributed by atoms with Crippen LogP contribution in [0.5, 0.6) is 0 Å². The van der Waals surface area contributed by atoms with Crippen LogP contribution in [0.1, 0.15) is 11.1 Å². The van der Waals surface area contributed by atoms with Crippen molar-refractivity contribution < 1.29 is 4.79 Å². The average Bonchev–Trinajstić information content (AvgIpc) is 2.63. The quantitative estimate of drug-likeness (QED) is 0.686. The molecule has 0 atom stereocenters. The zero-order valence-corrected chi connectivity index (χ0v) is 14.3. The van der Waals surface area contributed by atoms with Gasteiger partial charge in [0, 0.05) is 11.6 Å². The van der Waals surface area contributed by atoms with Crippen molar-refractivity contribution in [1.82, 2.24) is 4.98 Å². The van der Waals surface area contributed by atoms with Crippen LogP contribution in [0.2, 0.25) is 5.02 Å². The van der Waals surface area contributed by atoms with Gasteiger partial charge in [0.15, 0.2) is 0 Å². The number of benzene rings is 2. The lowest BCUT2D eigenvalue weighted by Crippen LogP contribution is -2.15. The summed E-state index contributed by atoms with van der Waals surface area (Å²) in [6, 6.07) is 21.0. The van der Waals surface area contributed by atoms with Crippen LogP contribution in [0, 0.1) is 0 Å². The van der Waals surface area contributed by atoms with Crippen LogP contribution >= 0.6 is 11.6 Å². The molecule has 0 saturated carbocycles. The lowest BCUT2D eigenvalue weighted by Gasteiger charge is -2.08. The summed E-state index contributed by atoms with van der Waals surface area (Å²) in [4.78, 5) is 16.3. The first-order valence-corrected chi connectivity index (χ1v) is 8.35. The van der Waals surface area contributed by atoms with Crippen LogP contribution in [-0.4, -0.2) is 10.9 Å². The molecule has 5 heteroatoms. The van der Waals surface area contributed by atoms with Crippen LogP contribution < -0.4 is 10.6 Å². The minimum absolute atomic E-state index is 0.0828. The van der Waals surface area contributed by atoms with Gasteiger partial charge in [0.2, 0.25) is 5.91 Å². The number of nitrogens with zero attached hydrogens (tertiary/aromatic N) is 1. The van der Waals surface area contributed by atoms with Crippen molar-refractivity contribution in [1.29, 1.82) is 0 Å². The highest BCUT2D eigenvalue weighted by Crippen LogP contribution is 2.14. The number of aromatic nitrogens is 1. The Labute approximate surface area is 151 Å². The number of anilines is 2. The molecule has 0 aliphatic carbocycles. The van der Waals surface area contributed by atoms with Crippen LogP contribution in [0.4, 0.5) is 11.5 Å². The Hall–Kier alpha value is -2.85. The van der Waals surface area contributed by atoms with Crippen molar-refractivity contribution in [3.63, 3.8) is 0 Å². The molecular formula is C20H18ClN3O. The molecule has 0 fully saturated rings. The third-order valence-corrected chi connectivity index (χ3v) is 3.90. The number of carbonyl (C=O) groups is 1. The van der Waals surface area contributed by atoms with Gasteiger partial charge in [-0.25, -0.2) is 4.98 Å². The van der Waals surface area contributed by atoms with Crippen molar-refractivity contribution in [2.24, 2.45) is 0 Å². The molecule has 1 aromatic heterocycles. The standard InChI is InChI=1S/C20H18ClN3O/c21-17-8-6-16(7-9-17)13-22-18-10-11-19(23-14-18)24-20(25)12-15-4-2-1-3-5-15/h1-11,14,22H,12-13H2,(H,23,24,25).